The van der Waals surface area contributed by atoms with Crippen LogP contribution < -0.4 is 5.32 Å². The lowest BCUT2D eigenvalue weighted by Gasteiger charge is -2.15. The highest BCUT2D eigenvalue weighted by Crippen LogP contribution is 2.36. The molecule has 0 atom stereocenters. The second-order valence-electron chi connectivity index (χ2n) is 5.92. The second kappa shape index (κ2) is 6.50. The van der Waals surface area contributed by atoms with E-state index in [9.17, 15) is 0 Å². The van der Waals surface area contributed by atoms with Gasteiger partial charge >= 0.3 is 0 Å². The monoisotopic (exact) mass is 388 g/mol. The van der Waals surface area contributed by atoms with Gasteiger partial charge in [-0.05, 0) is 68.1 Å². The van der Waals surface area contributed by atoms with Gasteiger partial charge in [0, 0.05) is 21.2 Å². The van der Waals surface area contributed by atoms with Crippen molar-refractivity contribution in [1.29, 1.82) is 0 Å². The van der Waals surface area contributed by atoms with Crippen molar-refractivity contribution < 1.29 is 0 Å². The molecule has 0 amide bonds. The van der Waals surface area contributed by atoms with E-state index < -0.39 is 0 Å². The van der Waals surface area contributed by atoms with E-state index in [2.05, 4.69) is 70.6 Å². The number of fused-ring (bicyclic) bond motifs is 2. The molecule has 1 N–H and O–H groups in total. The summed E-state index contributed by atoms with van der Waals surface area (Å²) in [4.78, 5) is 4.87. The van der Waals surface area contributed by atoms with E-state index in [1.807, 2.05) is 0 Å². The van der Waals surface area contributed by atoms with Gasteiger partial charge in [-0.15, -0.1) is 12.4 Å². The molecule has 0 spiro atoms. The molecule has 4 heteroatoms. The highest BCUT2D eigenvalue weighted by atomic mass is 79.9. The Labute approximate surface area is 150 Å². The van der Waals surface area contributed by atoms with E-state index in [0.717, 1.165) is 28.5 Å². The van der Waals surface area contributed by atoms with Crippen molar-refractivity contribution in [1.82, 2.24) is 4.98 Å². The molecule has 1 aliphatic carbocycles. The van der Waals surface area contributed by atoms with Crippen LogP contribution in [0.15, 0.2) is 46.9 Å². The summed E-state index contributed by atoms with van der Waals surface area (Å²) in [7, 11) is 0. The molecule has 2 nitrogen and oxygen atoms in total. The Morgan fingerprint density at radius 3 is 2.61 bits per heavy atom. The van der Waals surface area contributed by atoms with Crippen LogP contribution in [0.3, 0.4) is 0 Å². The number of rotatable bonds is 2. The largest absolute Gasteiger partial charge is 0.355 e. The van der Waals surface area contributed by atoms with Crippen LogP contribution >= 0.6 is 28.3 Å². The van der Waals surface area contributed by atoms with Crippen molar-refractivity contribution in [2.45, 2.75) is 26.2 Å². The number of nitrogens with one attached hydrogen (secondary N) is 1. The predicted molar refractivity (Wildman–Crippen MR) is 103 cm³/mol. The quantitative estimate of drug-likeness (QED) is 0.585. The fourth-order valence-corrected chi connectivity index (χ4v) is 3.46. The first kappa shape index (κ1) is 16.3. The van der Waals surface area contributed by atoms with Crippen molar-refractivity contribution in [2.24, 2.45) is 0 Å². The van der Waals surface area contributed by atoms with Crippen molar-refractivity contribution in [3.05, 3.63) is 63.8 Å². The van der Waals surface area contributed by atoms with Crippen LogP contribution in [-0.2, 0) is 12.8 Å². The molecule has 1 aromatic heterocycles. The third kappa shape index (κ3) is 3.08. The summed E-state index contributed by atoms with van der Waals surface area (Å²) < 4.78 is 1.10. The van der Waals surface area contributed by atoms with Gasteiger partial charge in [0.05, 0.1) is 11.2 Å². The normalized spacial score (nSPS) is 12.8. The standard InChI is InChI=1S/C19H17BrN2.ClH/c1-12-5-10-18-16(11-12)19(15-3-2-4-17(15)22-18)21-14-8-6-13(20)7-9-14;/h5-11H,2-4H2,1H3,(H,21,22);1H. The molecule has 118 valence electrons. The van der Waals surface area contributed by atoms with Crippen LogP contribution in [0, 0.1) is 6.92 Å². The third-order valence-electron chi connectivity index (χ3n) is 4.28. The third-order valence-corrected chi connectivity index (χ3v) is 4.81. The minimum Gasteiger partial charge on any atom is -0.355 e. The molecule has 0 saturated heterocycles. The van der Waals surface area contributed by atoms with Gasteiger partial charge in [-0.1, -0.05) is 27.6 Å². The van der Waals surface area contributed by atoms with Gasteiger partial charge in [0.1, 0.15) is 0 Å². The Kier molecular flexibility index (Phi) is 4.60. The maximum Gasteiger partial charge on any atom is 0.0726 e. The molecule has 0 saturated carbocycles. The maximum atomic E-state index is 4.87. The smallest absolute Gasteiger partial charge is 0.0726 e. The summed E-state index contributed by atoms with van der Waals surface area (Å²) in [6.45, 7) is 2.13. The first-order valence-corrected chi connectivity index (χ1v) is 8.45. The molecule has 0 aliphatic heterocycles. The SMILES string of the molecule is Cc1ccc2nc3c(c(Nc4ccc(Br)cc4)c2c1)CCC3.Cl. The van der Waals surface area contributed by atoms with Gasteiger partial charge in [0.2, 0.25) is 0 Å². The lowest BCUT2D eigenvalue weighted by molar-refractivity contribution is 0.901. The van der Waals surface area contributed by atoms with E-state index in [1.54, 1.807) is 0 Å². The number of aryl methyl sites for hydroxylation is 2. The van der Waals surface area contributed by atoms with Gasteiger partial charge in [-0.25, -0.2) is 0 Å². The highest BCUT2D eigenvalue weighted by Gasteiger charge is 2.19. The molecular weight excluding hydrogens is 372 g/mol. The Morgan fingerprint density at radius 2 is 1.83 bits per heavy atom. The number of nitrogens with zero attached hydrogens (tertiary/aromatic N) is 1. The fourth-order valence-electron chi connectivity index (χ4n) is 3.20. The average Bonchev–Trinajstić information content (AvgIpc) is 2.98. The van der Waals surface area contributed by atoms with Crippen LogP contribution in [-0.4, -0.2) is 4.98 Å². The number of aromatic nitrogens is 1. The highest BCUT2D eigenvalue weighted by molar-refractivity contribution is 9.10. The van der Waals surface area contributed by atoms with Crippen molar-refractivity contribution in [3.8, 4) is 0 Å². The van der Waals surface area contributed by atoms with E-state index in [-0.39, 0.29) is 12.4 Å². The molecule has 0 bridgehead atoms. The van der Waals surface area contributed by atoms with Crippen LogP contribution in [0.5, 0.6) is 0 Å². The zero-order chi connectivity index (χ0) is 15.1. The average molecular weight is 390 g/mol. The summed E-state index contributed by atoms with van der Waals surface area (Å²) in [5, 5.41) is 4.87. The number of anilines is 2. The molecular formula is C19H18BrClN2. The van der Waals surface area contributed by atoms with Crippen LogP contribution in [0.2, 0.25) is 0 Å². The maximum absolute atomic E-state index is 4.87. The first-order valence-electron chi connectivity index (χ1n) is 7.65. The van der Waals surface area contributed by atoms with Gasteiger partial charge < -0.3 is 5.32 Å². The zero-order valence-corrected chi connectivity index (χ0v) is 15.3. The predicted octanol–water partition coefficient (Wildman–Crippen LogP) is 5.96. The number of hydrogen-bond acceptors (Lipinski definition) is 2. The van der Waals surface area contributed by atoms with Gasteiger partial charge in [0.25, 0.3) is 0 Å². The number of pyridine rings is 1. The van der Waals surface area contributed by atoms with Gasteiger partial charge in [-0.2, -0.15) is 0 Å². The molecule has 1 heterocycles. The van der Waals surface area contributed by atoms with Crippen LogP contribution in [0.4, 0.5) is 11.4 Å². The van der Waals surface area contributed by atoms with E-state index in [0.29, 0.717) is 0 Å². The molecule has 1 aliphatic rings. The summed E-state index contributed by atoms with van der Waals surface area (Å²) in [6.07, 6.45) is 3.41. The number of hydrogen-bond donors (Lipinski definition) is 1. The Bertz CT molecular complexity index is 859. The minimum absolute atomic E-state index is 0. The fraction of sp³-hybridized carbons (Fsp3) is 0.211. The molecule has 0 fully saturated rings. The minimum atomic E-state index is 0. The van der Waals surface area contributed by atoms with Gasteiger partial charge in [-0.3, -0.25) is 4.98 Å². The van der Waals surface area contributed by atoms with Gasteiger partial charge in [0.15, 0.2) is 0 Å². The number of benzene rings is 2. The van der Waals surface area contributed by atoms with E-state index in [1.165, 1.54) is 34.3 Å². The van der Waals surface area contributed by atoms with Crippen LogP contribution in [0.25, 0.3) is 10.9 Å². The summed E-state index contributed by atoms with van der Waals surface area (Å²) in [5.74, 6) is 0. The van der Waals surface area contributed by atoms with Crippen molar-refractivity contribution >= 4 is 50.6 Å². The Hall–Kier alpha value is -1.58. The molecule has 2 aromatic carbocycles. The first-order chi connectivity index (χ1) is 10.7. The lowest BCUT2D eigenvalue weighted by Crippen LogP contribution is -2.00. The Balaban J connectivity index is 0.00000156. The topological polar surface area (TPSA) is 24.9 Å². The molecule has 0 radical (unpaired) electrons. The second-order valence-corrected chi connectivity index (χ2v) is 6.83. The lowest BCUT2D eigenvalue weighted by atomic mass is 10.0. The Morgan fingerprint density at radius 1 is 1.04 bits per heavy atom. The van der Waals surface area contributed by atoms with Crippen molar-refractivity contribution in [3.63, 3.8) is 0 Å². The molecule has 0 unspecified atom stereocenters. The number of halogens is 2. The van der Waals surface area contributed by atoms with Crippen LogP contribution in [0.1, 0.15) is 23.2 Å². The molecule has 3 aromatic rings. The van der Waals surface area contributed by atoms with E-state index >= 15 is 0 Å². The van der Waals surface area contributed by atoms with E-state index in [4.69, 9.17) is 4.98 Å². The molecule has 23 heavy (non-hydrogen) atoms. The summed E-state index contributed by atoms with van der Waals surface area (Å²) in [6, 6.07) is 14.9. The summed E-state index contributed by atoms with van der Waals surface area (Å²) >= 11 is 3.49. The summed E-state index contributed by atoms with van der Waals surface area (Å²) in [5.41, 5.74) is 7.36. The van der Waals surface area contributed by atoms with Crippen molar-refractivity contribution in [2.75, 3.05) is 5.32 Å². The zero-order valence-electron chi connectivity index (χ0n) is 12.9. The molecule has 4 rings (SSSR count).